The second kappa shape index (κ2) is 5.48. The molecule has 1 fully saturated rings. The number of ketones is 1. The van der Waals surface area contributed by atoms with Crippen LogP contribution in [0, 0.1) is 5.82 Å². The van der Waals surface area contributed by atoms with Gasteiger partial charge >= 0.3 is 0 Å². The van der Waals surface area contributed by atoms with Crippen LogP contribution in [-0.2, 0) is 4.74 Å². The summed E-state index contributed by atoms with van der Waals surface area (Å²) in [4.78, 5) is 13.5. The summed E-state index contributed by atoms with van der Waals surface area (Å²) in [5.41, 5.74) is 0.867. The summed E-state index contributed by atoms with van der Waals surface area (Å²) in [6, 6.07) is 4.66. The second-order valence-electron chi connectivity index (χ2n) is 4.67. The fraction of sp³-hybridized carbons (Fsp3) is 0.500. The van der Waals surface area contributed by atoms with Gasteiger partial charge in [-0.3, -0.25) is 4.79 Å². The Bertz CT molecular complexity index is 447. The summed E-state index contributed by atoms with van der Waals surface area (Å²) in [5.74, 6) is -0.445. The molecular formula is C14H18FNO2. The molecule has 0 aliphatic carbocycles. The molecule has 0 N–H and O–H groups in total. The third-order valence-electron chi connectivity index (χ3n) is 3.13. The Kier molecular flexibility index (Phi) is 3.97. The number of para-hydroxylation sites is 1. The Morgan fingerprint density at radius 1 is 1.50 bits per heavy atom. The third-order valence-corrected chi connectivity index (χ3v) is 3.13. The molecule has 18 heavy (non-hydrogen) atoms. The average Bonchev–Trinajstić information content (AvgIpc) is 2.53. The monoisotopic (exact) mass is 251 g/mol. The average molecular weight is 251 g/mol. The molecule has 1 aliphatic rings. The third kappa shape index (κ3) is 2.70. The molecule has 1 aromatic carbocycles. The number of benzene rings is 1. The van der Waals surface area contributed by atoms with Crippen LogP contribution in [0.15, 0.2) is 18.2 Å². The number of Topliss-reactive ketones (excluding diaryl/α,β-unsaturated/α-hetero) is 1. The molecule has 0 saturated carbocycles. The molecule has 0 spiro atoms. The van der Waals surface area contributed by atoms with E-state index in [4.69, 9.17) is 4.74 Å². The Morgan fingerprint density at radius 2 is 2.28 bits per heavy atom. The van der Waals surface area contributed by atoms with Crippen LogP contribution < -0.4 is 4.90 Å². The number of hydrogen-bond donors (Lipinski definition) is 0. The van der Waals surface area contributed by atoms with Gasteiger partial charge in [0.15, 0.2) is 5.78 Å². The zero-order valence-electron chi connectivity index (χ0n) is 10.8. The van der Waals surface area contributed by atoms with Gasteiger partial charge in [0.05, 0.1) is 11.8 Å². The van der Waals surface area contributed by atoms with Gasteiger partial charge in [-0.05, 0) is 32.4 Å². The number of halogens is 1. The van der Waals surface area contributed by atoms with Crippen LogP contribution in [0.5, 0.6) is 0 Å². The highest BCUT2D eigenvalue weighted by Gasteiger charge is 2.22. The molecule has 0 bridgehead atoms. The van der Waals surface area contributed by atoms with Gasteiger partial charge < -0.3 is 9.64 Å². The van der Waals surface area contributed by atoms with Gasteiger partial charge in [-0.25, -0.2) is 4.39 Å². The highest BCUT2D eigenvalue weighted by molar-refractivity contribution is 5.99. The molecule has 1 heterocycles. The Balaban J connectivity index is 2.39. The van der Waals surface area contributed by atoms with E-state index < -0.39 is 0 Å². The van der Waals surface area contributed by atoms with Crippen molar-refractivity contribution in [2.75, 3.05) is 24.6 Å². The molecule has 0 aromatic heterocycles. The first kappa shape index (κ1) is 13.0. The van der Waals surface area contributed by atoms with Crippen molar-refractivity contribution in [3.63, 3.8) is 0 Å². The SMILES string of the molecule is CC(=O)c1cccc(F)c1N1CCCOC(C)C1. The summed E-state index contributed by atoms with van der Waals surface area (Å²) in [7, 11) is 0. The predicted octanol–water partition coefficient (Wildman–Crippen LogP) is 2.64. The van der Waals surface area contributed by atoms with Crippen LogP contribution in [0.25, 0.3) is 0 Å². The molecule has 1 aromatic rings. The Hall–Kier alpha value is -1.42. The normalized spacial score (nSPS) is 20.6. The van der Waals surface area contributed by atoms with Gasteiger partial charge in [0.25, 0.3) is 0 Å². The Morgan fingerprint density at radius 3 is 3.00 bits per heavy atom. The molecular weight excluding hydrogens is 233 g/mol. The molecule has 1 atom stereocenters. The highest BCUT2D eigenvalue weighted by Crippen LogP contribution is 2.26. The van der Waals surface area contributed by atoms with E-state index in [1.165, 1.54) is 13.0 Å². The van der Waals surface area contributed by atoms with Crippen LogP contribution in [0.3, 0.4) is 0 Å². The van der Waals surface area contributed by atoms with Crippen LogP contribution in [0.4, 0.5) is 10.1 Å². The van der Waals surface area contributed by atoms with Crippen LogP contribution >= 0.6 is 0 Å². The van der Waals surface area contributed by atoms with Gasteiger partial charge in [0.1, 0.15) is 5.82 Å². The summed E-state index contributed by atoms with van der Waals surface area (Å²) in [5, 5.41) is 0. The van der Waals surface area contributed by atoms with Gasteiger partial charge in [0, 0.05) is 25.3 Å². The van der Waals surface area contributed by atoms with E-state index in [0.717, 1.165) is 6.42 Å². The van der Waals surface area contributed by atoms with Crippen molar-refractivity contribution in [3.8, 4) is 0 Å². The number of ether oxygens (including phenoxy) is 1. The van der Waals surface area contributed by atoms with E-state index >= 15 is 0 Å². The second-order valence-corrected chi connectivity index (χ2v) is 4.67. The zero-order valence-corrected chi connectivity index (χ0v) is 10.8. The smallest absolute Gasteiger partial charge is 0.161 e. The van der Waals surface area contributed by atoms with Crippen molar-refractivity contribution < 1.29 is 13.9 Å². The standard InChI is InChI=1S/C14H18FNO2/c1-10-9-16(7-4-8-18-10)14-12(11(2)17)5-3-6-13(14)15/h3,5-6,10H,4,7-9H2,1-2H3. The number of hydrogen-bond acceptors (Lipinski definition) is 3. The summed E-state index contributed by atoms with van der Waals surface area (Å²) in [6.45, 7) is 5.44. The first-order chi connectivity index (χ1) is 8.59. The predicted molar refractivity (Wildman–Crippen MR) is 68.6 cm³/mol. The largest absolute Gasteiger partial charge is 0.377 e. The van der Waals surface area contributed by atoms with Crippen LogP contribution in [0.1, 0.15) is 30.6 Å². The molecule has 0 amide bonds. The number of carbonyl (C=O) groups is 1. The van der Waals surface area contributed by atoms with E-state index in [-0.39, 0.29) is 17.7 Å². The molecule has 1 aliphatic heterocycles. The van der Waals surface area contributed by atoms with E-state index in [1.807, 2.05) is 11.8 Å². The number of anilines is 1. The lowest BCUT2D eigenvalue weighted by molar-refractivity contribution is 0.0820. The summed E-state index contributed by atoms with van der Waals surface area (Å²) in [6.07, 6.45) is 0.891. The van der Waals surface area contributed by atoms with Gasteiger partial charge in [-0.2, -0.15) is 0 Å². The minimum Gasteiger partial charge on any atom is -0.377 e. The number of nitrogens with zero attached hydrogens (tertiary/aromatic N) is 1. The van der Waals surface area contributed by atoms with Crippen molar-refractivity contribution in [1.82, 2.24) is 0 Å². The molecule has 1 saturated heterocycles. The minimum atomic E-state index is -0.336. The maximum Gasteiger partial charge on any atom is 0.161 e. The van der Waals surface area contributed by atoms with Crippen LogP contribution in [-0.4, -0.2) is 31.6 Å². The van der Waals surface area contributed by atoms with Crippen LogP contribution in [0.2, 0.25) is 0 Å². The van der Waals surface area contributed by atoms with E-state index in [2.05, 4.69) is 0 Å². The lowest BCUT2D eigenvalue weighted by atomic mass is 10.1. The van der Waals surface area contributed by atoms with Gasteiger partial charge in [-0.15, -0.1) is 0 Å². The maximum atomic E-state index is 14.0. The van der Waals surface area contributed by atoms with E-state index in [0.29, 0.717) is 30.9 Å². The lowest BCUT2D eigenvalue weighted by Gasteiger charge is -2.26. The molecule has 1 unspecified atom stereocenters. The van der Waals surface area contributed by atoms with Gasteiger partial charge in [0.2, 0.25) is 0 Å². The highest BCUT2D eigenvalue weighted by atomic mass is 19.1. The topological polar surface area (TPSA) is 29.5 Å². The molecule has 2 rings (SSSR count). The minimum absolute atomic E-state index is 0.0481. The van der Waals surface area contributed by atoms with Crippen molar-refractivity contribution in [1.29, 1.82) is 0 Å². The zero-order chi connectivity index (χ0) is 13.1. The number of rotatable bonds is 2. The fourth-order valence-corrected chi connectivity index (χ4v) is 2.32. The van der Waals surface area contributed by atoms with Gasteiger partial charge in [-0.1, -0.05) is 6.07 Å². The Labute approximate surface area is 107 Å². The van der Waals surface area contributed by atoms with E-state index in [9.17, 15) is 9.18 Å². The van der Waals surface area contributed by atoms with E-state index in [1.54, 1.807) is 12.1 Å². The quantitative estimate of drug-likeness (QED) is 0.757. The molecule has 98 valence electrons. The maximum absolute atomic E-state index is 14.0. The summed E-state index contributed by atoms with van der Waals surface area (Å²) < 4.78 is 19.6. The molecule has 4 heteroatoms. The van der Waals surface area contributed by atoms with Crippen molar-refractivity contribution in [3.05, 3.63) is 29.6 Å². The van der Waals surface area contributed by atoms with Crippen molar-refractivity contribution >= 4 is 11.5 Å². The number of carbonyl (C=O) groups excluding carboxylic acids is 1. The summed E-state index contributed by atoms with van der Waals surface area (Å²) >= 11 is 0. The lowest BCUT2D eigenvalue weighted by Crippen LogP contribution is -2.32. The van der Waals surface area contributed by atoms with Crippen molar-refractivity contribution in [2.45, 2.75) is 26.4 Å². The first-order valence-corrected chi connectivity index (χ1v) is 6.25. The fourth-order valence-electron chi connectivity index (χ4n) is 2.32. The first-order valence-electron chi connectivity index (χ1n) is 6.25. The van der Waals surface area contributed by atoms with Crippen molar-refractivity contribution in [2.24, 2.45) is 0 Å². The molecule has 3 nitrogen and oxygen atoms in total. The molecule has 0 radical (unpaired) electrons.